The first-order valence-corrected chi connectivity index (χ1v) is 9.61. The van der Waals surface area contributed by atoms with Crippen LogP contribution in [0, 0.1) is 5.92 Å². The van der Waals surface area contributed by atoms with Gasteiger partial charge in [0.1, 0.15) is 0 Å². The number of benzene rings is 2. The van der Waals surface area contributed by atoms with Crippen LogP contribution in [0.1, 0.15) is 63.4 Å². The number of hydrogen-bond acceptors (Lipinski definition) is 1. The van der Waals surface area contributed by atoms with Gasteiger partial charge in [-0.3, -0.25) is 0 Å². The Balaban J connectivity index is 1.60. The van der Waals surface area contributed by atoms with Gasteiger partial charge in [0, 0.05) is 0 Å². The Morgan fingerprint density at radius 2 is 1.58 bits per heavy atom. The molecule has 0 saturated heterocycles. The van der Waals surface area contributed by atoms with Gasteiger partial charge in [-0.25, -0.2) is 0 Å². The summed E-state index contributed by atoms with van der Waals surface area (Å²) in [6.45, 7) is 2.24. The van der Waals surface area contributed by atoms with E-state index in [2.05, 4.69) is 61.5 Å². The van der Waals surface area contributed by atoms with Crippen LogP contribution < -0.4 is 0 Å². The van der Waals surface area contributed by atoms with E-state index >= 15 is 0 Å². The molecule has 1 aliphatic rings. The Labute approximate surface area is 146 Å². The molecule has 0 bridgehead atoms. The molecule has 1 nitrogen and oxygen atoms in total. The molecule has 24 heavy (non-hydrogen) atoms. The number of unbranched alkanes of at least 4 members (excludes halogenated alkanes) is 2. The van der Waals surface area contributed by atoms with Crippen molar-refractivity contribution in [2.75, 3.05) is 0 Å². The summed E-state index contributed by atoms with van der Waals surface area (Å²) in [5.41, 5.74) is 3.93. The smallest absolute Gasteiger partial charge is 0.0574 e. The first kappa shape index (κ1) is 17.2. The molecule has 0 radical (unpaired) electrons. The molecule has 1 aliphatic carbocycles. The second-order valence-electron chi connectivity index (χ2n) is 7.32. The lowest BCUT2D eigenvalue weighted by Crippen LogP contribution is -2.28. The Kier molecular flexibility index (Phi) is 6.09. The molecule has 1 fully saturated rings. The zero-order chi connectivity index (χ0) is 16.8. The minimum absolute atomic E-state index is 0.116. The lowest BCUT2D eigenvalue weighted by atomic mass is 9.75. The van der Waals surface area contributed by atoms with Gasteiger partial charge in [-0.05, 0) is 54.2 Å². The third-order valence-corrected chi connectivity index (χ3v) is 5.62. The highest BCUT2D eigenvalue weighted by molar-refractivity contribution is 5.63. The van der Waals surface area contributed by atoms with Crippen molar-refractivity contribution >= 4 is 0 Å². The Morgan fingerprint density at radius 3 is 2.25 bits per heavy atom. The van der Waals surface area contributed by atoms with E-state index in [4.69, 9.17) is 0 Å². The molecule has 0 aliphatic heterocycles. The fraction of sp³-hybridized carbons (Fsp3) is 0.478. The second-order valence-corrected chi connectivity index (χ2v) is 7.32. The standard InChI is InChI=1S/C23H30O/c1-2-3-5-10-21-15-16-22(17-23(21)24)20-13-11-19(12-14-20)18-8-6-4-7-9-18/h4,6-9,11-14,21-24H,2-3,5,10,15-17H2,1H3/t21-,22+,23-/m0/s1. The van der Waals surface area contributed by atoms with Gasteiger partial charge in [0.2, 0.25) is 0 Å². The molecule has 0 aromatic heterocycles. The van der Waals surface area contributed by atoms with Gasteiger partial charge in [0.25, 0.3) is 0 Å². The van der Waals surface area contributed by atoms with Crippen molar-refractivity contribution in [3.05, 3.63) is 60.2 Å². The van der Waals surface area contributed by atoms with Crippen LogP contribution in [0.4, 0.5) is 0 Å². The molecule has 2 aromatic carbocycles. The number of aliphatic hydroxyl groups is 1. The second kappa shape index (κ2) is 8.48. The van der Waals surface area contributed by atoms with E-state index in [1.54, 1.807) is 0 Å². The highest BCUT2D eigenvalue weighted by Gasteiger charge is 2.29. The normalized spacial score (nSPS) is 24.0. The molecule has 0 amide bonds. The van der Waals surface area contributed by atoms with Crippen LogP contribution in [-0.2, 0) is 0 Å². The molecule has 0 unspecified atom stereocenters. The van der Waals surface area contributed by atoms with Crippen LogP contribution in [-0.4, -0.2) is 11.2 Å². The summed E-state index contributed by atoms with van der Waals surface area (Å²) in [5.74, 6) is 1.05. The minimum atomic E-state index is -0.116. The first-order chi connectivity index (χ1) is 11.8. The fourth-order valence-electron chi connectivity index (χ4n) is 4.08. The molecule has 3 atom stereocenters. The first-order valence-electron chi connectivity index (χ1n) is 9.61. The van der Waals surface area contributed by atoms with E-state index in [-0.39, 0.29) is 6.10 Å². The molecule has 1 saturated carbocycles. The molecule has 0 spiro atoms. The average Bonchev–Trinajstić information content (AvgIpc) is 2.64. The Hall–Kier alpha value is -1.60. The number of rotatable bonds is 6. The molecule has 128 valence electrons. The lowest BCUT2D eigenvalue weighted by Gasteiger charge is -2.33. The SMILES string of the molecule is CCCCC[C@H]1CC[C@@H](c2ccc(-c3ccccc3)cc2)C[C@@H]1O. The summed E-state index contributed by atoms with van der Waals surface area (Å²) in [6.07, 6.45) is 8.25. The Morgan fingerprint density at radius 1 is 0.875 bits per heavy atom. The molecule has 1 N–H and O–H groups in total. The zero-order valence-corrected chi connectivity index (χ0v) is 14.8. The van der Waals surface area contributed by atoms with E-state index in [9.17, 15) is 5.11 Å². The highest BCUT2D eigenvalue weighted by atomic mass is 16.3. The lowest BCUT2D eigenvalue weighted by molar-refractivity contribution is 0.0548. The van der Waals surface area contributed by atoms with Gasteiger partial charge in [-0.2, -0.15) is 0 Å². The maximum Gasteiger partial charge on any atom is 0.0574 e. The molecule has 2 aromatic rings. The van der Waals surface area contributed by atoms with E-state index in [1.807, 2.05) is 0 Å². The predicted octanol–water partition coefficient (Wildman–Crippen LogP) is 6.18. The topological polar surface area (TPSA) is 20.2 Å². The van der Waals surface area contributed by atoms with Crippen molar-refractivity contribution in [2.45, 2.75) is 63.9 Å². The van der Waals surface area contributed by atoms with Gasteiger partial charge in [0.05, 0.1) is 6.10 Å². The van der Waals surface area contributed by atoms with Gasteiger partial charge in [-0.15, -0.1) is 0 Å². The summed E-state index contributed by atoms with van der Waals surface area (Å²) in [7, 11) is 0. The van der Waals surface area contributed by atoms with E-state index < -0.39 is 0 Å². The van der Waals surface area contributed by atoms with Crippen molar-refractivity contribution in [2.24, 2.45) is 5.92 Å². The maximum atomic E-state index is 10.5. The summed E-state index contributed by atoms with van der Waals surface area (Å²) in [5, 5.41) is 10.5. The van der Waals surface area contributed by atoms with Crippen LogP contribution in [0.5, 0.6) is 0 Å². The molecule has 1 heteroatoms. The monoisotopic (exact) mass is 322 g/mol. The molecular weight excluding hydrogens is 292 g/mol. The van der Waals surface area contributed by atoms with Gasteiger partial charge < -0.3 is 5.11 Å². The van der Waals surface area contributed by atoms with Crippen LogP contribution in [0.3, 0.4) is 0 Å². The van der Waals surface area contributed by atoms with Crippen LogP contribution in [0.25, 0.3) is 11.1 Å². The number of aliphatic hydroxyl groups excluding tert-OH is 1. The van der Waals surface area contributed by atoms with Crippen LogP contribution in [0.2, 0.25) is 0 Å². The van der Waals surface area contributed by atoms with Gasteiger partial charge in [0.15, 0.2) is 0 Å². The van der Waals surface area contributed by atoms with Crippen molar-refractivity contribution in [3.63, 3.8) is 0 Å². The van der Waals surface area contributed by atoms with Crippen LogP contribution in [0.15, 0.2) is 54.6 Å². The average molecular weight is 322 g/mol. The van der Waals surface area contributed by atoms with Crippen molar-refractivity contribution in [3.8, 4) is 11.1 Å². The van der Waals surface area contributed by atoms with Gasteiger partial charge in [-0.1, -0.05) is 80.8 Å². The van der Waals surface area contributed by atoms with E-state index in [0.29, 0.717) is 11.8 Å². The predicted molar refractivity (Wildman–Crippen MR) is 102 cm³/mol. The third-order valence-electron chi connectivity index (χ3n) is 5.62. The van der Waals surface area contributed by atoms with Crippen molar-refractivity contribution < 1.29 is 5.11 Å². The largest absolute Gasteiger partial charge is 0.393 e. The minimum Gasteiger partial charge on any atom is -0.393 e. The van der Waals surface area contributed by atoms with Crippen molar-refractivity contribution in [1.82, 2.24) is 0 Å². The number of hydrogen-bond donors (Lipinski definition) is 1. The summed E-state index contributed by atoms with van der Waals surface area (Å²) < 4.78 is 0. The summed E-state index contributed by atoms with van der Waals surface area (Å²) >= 11 is 0. The maximum absolute atomic E-state index is 10.5. The summed E-state index contributed by atoms with van der Waals surface area (Å²) in [4.78, 5) is 0. The molecule has 0 heterocycles. The molecule has 3 rings (SSSR count). The van der Waals surface area contributed by atoms with Crippen molar-refractivity contribution in [1.29, 1.82) is 0 Å². The van der Waals surface area contributed by atoms with Crippen LogP contribution >= 0.6 is 0 Å². The quantitative estimate of drug-likeness (QED) is 0.630. The fourth-order valence-corrected chi connectivity index (χ4v) is 4.08. The molecular formula is C23H30O. The van der Waals surface area contributed by atoms with E-state index in [1.165, 1.54) is 55.2 Å². The third kappa shape index (κ3) is 4.27. The summed E-state index contributed by atoms with van der Waals surface area (Å²) in [6, 6.07) is 19.5. The van der Waals surface area contributed by atoms with Gasteiger partial charge >= 0.3 is 0 Å². The zero-order valence-electron chi connectivity index (χ0n) is 14.8. The Bertz CT molecular complexity index is 602. The van der Waals surface area contributed by atoms with E-state index in [0.717, 1.165) is 6.42 Å². The highest BCUT2D eigenvalue weighted by Crippen LogP contribution is 2.38.